The van der Waals surface area contributed by atoms with Crippen molar-refractivity contribution >= 4 is 29.6 Å². The second-order valence-electron chi connectivity index (χ2n) is 6.33. The van der Waals surface area contributed by atoms with Crippen LogP contribution in [0.4, 0.5) is 0 Å². The van der Waals surface area contributed by atoms with Gasteiger partial charge in [0, 0.05) is 19.2 Å². The SMILES string of the molecule is COc1cc(/C=C/C(=O)OCC(=O)N2CCCCCCC2)cc(Cl)c1OC. The quantitative estimate of drug-likeness (QED) is 0.542. The summed E-state index contributed by atoms with van der Waals surface area (Å²) in [4.78, 5) is 25.9. The third-order valence-corrected chi connectivity index (χ3v) is 4.70. The number of hydrogen-bond donors (Lipinski definition) is 0. The zero-order valence-electron chi connectivity index (χ0n) is 15.8. The summed E-state index contributed by atoms with van der Waals surface area (Å²) < 4.78 is 15.5. The lowest BCUT2D eigenvalue weighted by molar-refractivity contribution is -0.148. The first kappa shape index (κ1) is 21.1. The van der Waals surface area contributed by atoms with Crippen molar-refractivity contribution in [3.63, 3.8) is 0 Å². The molecular formula is C20H26ClNO5. The van der Waals surface area contributed by atoms with Gasteiger partial charge in [-0.3, -0.25) is 4.79 Å². The molecule has 0 N–H and O–H groups in total. The molecule has 2 rings (SSSR count). The number of hydrogen-bond acceptors (Lipinski definition) is 5. The minimum Gasteiger partial charge on any atom is -0.493 e. The third-order valence-electron chi connectivity index (χ3n) is 4.41. The summed E-state index contributed by atoms with van der Waals surface area (Å²) >= 11 is 6.14. The molecule has 1 saturated heterocycles. The molecule has 0 atom stereocenters. The predicted octanol–water partition coefficient (Wildman–Crippen LogP) is 3.71. The second kappa shape index (κ2) is 10.8. The van der Waals surface area contributed by atoms with E-state index in [1.165, 1.54) is 26.7 Å². The van der Waals surface area contributed by atoms with Gasteiger partial charge in [0.15, 0.2) is 18.1 Å². The van der Waals surface area contributed by atoms with Gasteiger partial charge in [-0.15, -0.1) is 0 Å². The molecule has 148 valence electrons. The van der Waals surface area contributed by atoms with Crippen molar-refractivity contribution in [1.82, 2.24) is 4.90 Å². The lowest BCUT2D eigenvalue weighted by atomic mass is 10.1. The monoisotopic (exact) mass is 395 g/mol. The Kier molecular flexibility index (Phi) is 8.45. The zero-order valence-corrected chi connectivity index (χ0v) is 16.6. The standard InChI is InChI=1S/C20H26ClNO5/c1-25-17-13-15(12-16(21)20(17)26-2)8-9-19(24)27-14-18(23)22-10-6-4-3-5-7-11-22/h8-9,12-13H,3-7,10-11,14H2,1-2H3/b9-8+. The summed E-state index contributed by atoms with van der Waals surface area (Å²) in [5, 5.41) is 0.372. The molecule has 0 aliphatic carbocycles. The van der Waals surface area contributed by atoms with Gasteiger partial charge in [0.25, 0.3) is 5.91 Å². The maximum atomic E-state index is 12.2. The molecule has 1 aromatic rings. The van der Waals surface area contributed by atoms with E-state index >= 15 is 0 Å². The molecule has 0 bridgehead atoms. The van der Waals surface area contributed by atoms with Gasteiger partial charge in [0.05, 0.1) is 19.2 Å². The number of methoxy groups -OCH3 is 2. The molecule has 1 aliphatic heterocycles. The first-order valence-corrected chi connectivity index (χ1v) is 9.47. The van der Waals surface area contributed by atoms with Crippen LogP contribution in [0.1, 0.15) is 37.7 Å². The number of halogens is 1. The summed E-state index contributed by atoms with van der Waals surface area (Å²) in [6.45, 7) is 1.22. The van der Waals surface area contributed by atoms with Crippen molar-refractivity contribution in [2.45, 2.75) is 32.1 Å². The van der Waals surface area contributed by atoms with Crippen LogP contribution in [0, 0.1) is 0 Å². The van der Waals surface area contributed by atoms with E-state index in [4.69, 9.17) is 25.8 Å². The van der Waals surface area contributed by atoms with Crippen LogP contribution >= 0.6 is 11.6 Å². The highest BCUT2D eigenvalue weighted by Crippen LogP contribution is 2.36. The van der Waals surface area contributed by atoms with Gasteiger partial charge < -0.3 is 19.1 Å². The van der Waals surface area contributed by atoms with E-state index in [1.54, 1.807) is 23.1 Å². The predicted molar refractivity (Wildman–Crippen MR) is 104 cm³/mol. The third kappa shape index (κ3) is 6.47. The molecule has 0 radical (unpaired) electrons. The van der Waals surface area contributed by atoms with Crippen LogP contribution < -0.4 is 9.47 Å². The number of esters is 1. The van der Waals surface area contributed by atoms with Gasteiger partial charge in [0.2, 0.25) is 0 Å². The smallest absolute Gasteiger partial charge is 0.331 e. The van der Waals surface area contributed by atoms with Crippen molar-refractivity contribution in [3.05, 3.63) is 28.8 Å². The maximum absolute atomic E-state index is 12.2. The molecular weight excluding hydrogens is 370 g/mol. The van der Waals surface area contributed by atoms with Crippen molar-refractivity contribution < 1.29 is 23.8 Å². The Bertz CT molecular complexity index is 681. The minimum absolute atomic E-state index is 0.146. The number of rotatable bonds is 6. The largest absolute Gasteiger partial charge is 0.493 e. The summed E-state index contributed by atoms with van der Waals surface area (Å²) in [5.41, 5.74) is 0.657. The van der Waals surface area contributed by atoms with Gasteiger partial charge in [-0.2, -0.15) is 0 Å². The molecule has 1 aromatic carbocycles. The highest BCUT2D eigenvalue weighted by atomic mass is 35.5. The molecule has 1 amide bonds. The van der Waals surface area contributed by atoms with Gasteiger partial charge in [-0.25, -0.2) is 4.79 Å². The van der Waals surface area contributed by atoms with Crippen LogP contribution in [0.5, 0.6) is 11.5 Å². The Morgan fingerprint density at radius 2 is 1.74 bits per heavy atom. The fraction of sp³-hybridized carbons (Fsp3) is 0.500. The van der Waals surface area contributed by atoms with Crippen LogP contribution in [0.3, 0.4) is 0 Å². The van der Waals surface area contributed by atoms with Gasteiger partial charge in [-0.05, 0) is 36.6 Å². The average molecular weight is 396 g/mol. The van der Waals surface area contributed by atoms with E-state index in [0.717, 1.165) is 38.8 Å². The van der Waals surface area contributed by atoms with Crippen LogP contribution in [0.25, 0.3) is 6.08 Å². The first-order chi connectivity index (χ1) is 13.0. The fourth-order valence-electron chi connectivity index (χ4n) is 2.97. The summed E-state index contributed by atoms with van der Waals surface area (Å²) in [6.07, 6.45) is 8.32. The van der Waals surface area contributed by atoms with Crippen molar-refractivity contribution in [2.75, 3.05) is 33.9 Å². The molecule has 1 heterocycles. The lowest BCUT2D eigenvalue weighted by Gasteiger charge is -2.24. The molecule has 7 heteroatoms. The highest BCUT2D eigenvalue weighted by molar-refractivity contribution is 6.32. The second-order valence-corrected chi connectivity index (χ2v) is 6.74. The minimum atomic E-state index is -0.582. The average Bonchev–Trinajstić information content (AvgIpc) is 2.63. The van der Waals surface area contributed by atoms with E-state index in [0.29, 0.717) is 22.1 Å². The Morgan fingerprint density at radius 3 is 2.37 bits per heavy atom. The van der Waals surface area contributed by atoms with Gasteiger partial charge in [0.1, 0.15) is 0 Å². The van der Waals surface area contributed by atoms with Crippen LogP contribution in [-0.4, -0.2) is 50.7 Å². The number of nitrogens with zero attached hydrogens (tertiary/aromatic N) is 1. The lowest BCUT2D eigenvalue weighted by Crippen LogP contribution is -2.36. The Morgan fingerprint density at radius 1 is 1.07 bits per heavy atom. The van der Waals surface area contributed by atoms with Crippen molar-refractivity contribution in [3.8, 4) is 11.5 Å². The molecule has 1 aliphatic rings. The van der Waals surface area contributed by atoms with E-state index in [2.05, 4.69) is 0 Å². The number of benzene rings is 1. The Labute approximate surface area is 165 Å². The normalized spacial score (nSPS) is 15.1. The molecule has 0 unspecified atom stereocenters. The van der Waals surface area contributed by atoms with Gasteiger partial charge in [-0.1, -0.05) is 30.9 Å². The van der Waals surface area contributed by atoms with Crippen LogP contribution in [-0.2, 0) is 14.3 Å². The zero-order chi connectivity index (χ0) is 19.6. The topological polar surface area (TPSA) is 65.1 Å². The molecule has 0 aromatic heterocycles. The summed E-state index contributed by atoms with van der Waals surface area (Å²) in [5.74, 6) is 0.164. The van der Waals surface area contributed by atoms with Gasteiger partial charge >= 0.3 is 5.97 Å². The first-order valence-electron chi connectivity index (χ1n) is 9.09. The molecule has 1 fully saturated rings. The summed E-state index contributed by atoms with van der Waals surface area (Å²) in [6, 6.07) is 3.35. The number of carbonyl (C=O) groups excluding carboxylic acids is 2. The highest BCUT2D eigenvalue weighted by Gasteiger charge is 2.16. The Balaban J connectivity index is 1.89. The summed E-state index contributed by atoms with van der Waals surface area (Å²) in [7, 11) is 3.01. The van der Waals surface area contributed by atoms with Crippen molar-refractivity contribution in [2.24, 2.45) is 0 Å². The molecule has 0 spiro atoms. The van der Waals surface area contributed by atoms with E-state index in [-0.39, 0.29) is 12.5 Å². The number of amides is 1. The molecule has 6 nitrogen and oxygen atoms in total. The number of ether oxygens (including phenoxy) is 3. The van der Waals surface area contributed by atoms with Crippen molar-refractivity contribution in [1.29, 1.82) is 0 Å². The van der Waals surface area contributed by atoms with E-state index < -0.39 is 5.97 Å². The molecule has 0 saturated carbocycles. The number of carbonyl (C=O) groups is 2. The van der Waals surface area contributed by atoms with Crippen LogP contribution in [0.2, 0.25) is 5.02 Å². The Hall–Kier alpha value is -2.21. The van der Waals surface area contributed by atoms with Crippen LogP contribution in [0.15, 0.2) is 18.2 Å². The molecule has 27 heavy (non-hydrogen) atoms. The fourth-order valence-corrected chi connectivity index (χ4v) is 3.26. The maximum Gasteiger partial charge on any atom is 0.331 e. The number of likely N-dealkylation sites (tertiary alicyclic amines) is 1. The van der Waals surface area contributed by atoms with E-state index in [9.17, 15) is 9.59 Å². The van der Waals surface area contributed by atoms with E-state index in [1.807, 2.05) is 0 Å².